The number of carboxylic acids is 1. The first-order valence-electron chi connectivity index (χ1n) is 6.80. The van der Waals surface area contributed by atoms with Gasteiger partial charge in [0, 0.05) is 13.1 Å². The zero-order valence-electron chi connectivity index (χ0n) is 11.5. The van der Waals surface area contributed by atoms with Crippen molar-refractivity contribution in [2.75, 3.05) is 31.9 Å². The average Bonchev–Trinajstić information content (AvgIpc) is 2.36. The molecule has 6 nitrogen and oxygen atoms in total. The SMILES string of the molecule is CC(CNS(=O)(=O)CCC(=O)O)CN1CCCCC1. The Balaban J connectivity index is 2.24. The lowest BCUT2D eigenvalue weighted by Gasteiger charge is -2.29. The molecule has 0 aliphatic carbocycles. The minimum atomic E-state index is -3.46. The highest BCUT2D eigenvalue weighted by Crippen LogP contribution is 2.10. The number of rotatable bonds is 8. The third-order valence-corrected chi connectivity index (χ3v) is 4.60. The van der Waals surface area contributed by atoms with Gasteiger partial charge in [-0.25, -0.2) is 13.1 Å². The van der Waals surface area contributed by atoms with E-state index in [0.29, 0.717) is 6.54 Å². The molecule has 1 saturated heterocycles. The number of nitrogens with zero attached hydrogens (tertiary/aromatic N) is 1. The van der Waals surface area contributed by atoms with Crippen molar-refractivity contribution in [3.63, 3.8) is 0 Å². The molecule has 19 heavy (non-hydrogen) atoms. The quantitative estimate of drug-likeness (QED) is 0.680. The molecule has 1 aliphatic rings. The first-order chi connectivity index (χ1) is 8.89. The summed E-state index contributed by atoms with van der Waals surface area (Å²) in [5.74, 6) is -1.21. The van der Waals surface area contributed by atoms with Gasteiger partial charge in [0.1, 0.15) is 0 Å². The summed E-state index contributed by atoms with van der Waals surface area (Å²) in [7, 11) is -3.46. The fourth-order valence-corrected chi connectivity index (χ4v) is 3.34. The molecule has 2 N–H and O–H groups in total. The summed E-state index contributed by atoms with van der Waals surface area (Å²) in [6.45, 7) is 5.46. The second kappa shape index (κ2) is 7.81. The molecule has 0 aromatic rings. The number of hydrogen-bond donors (Lipinski definition) is 2. The van der Waals surface area contributed by atoms with Crippen molar-refractivity contribution in [2.45, 2.75) is 32.6 Å². The number of piperidine rings is 1. The van der Waals surface area contributed by atoms with Crippen molar-refractivity contribution in [1.82, 2.24) is 9.62 Å². The molecule has 0 bridgehead atoms. The minimum absolute atomic E-state index is 0.234. The number of sulfonamides is 1. The smallest absolute Gasteiger partial charge is 0.304 e. The largest absolute Gasteiger partial charge is 0.481 e. The van der Waals surface area contributed by atoms with Crippen molar-refractivity contribution < 1.29 is 18.3 Å². The number of carbonyl (C=O) groups is 1. The van der Waals surface area contributed by atoms with Crippen LogP contribution in [0, 0.1) is 5.92 Å². The zero-order valence-corrected chi connectivity index (χ0v) is 12.3. The third-order valence-electron chi connectivity index (χ3n) is 3.25. The predicted molar refractivity (Wildman–Crippen MR) is 73.5 cm³/mol. The van der Waals surface area contributed by atoms with Crippen LogP contribution in [0.3, 0.4) is 0 Å². The maximum atomic E-state index is 11.5. The molecule has 7 heteroatoms. The number of likely N-dealkylation sites (tertiary alicyclic amines) is 1. The van der Waals surface area contributed by atoms with E-state index in [0.717, 1.165) is 19.6 Å². The van der Waals surface area contributed by atoms with E-state index in [1.165, 1.54) is 19.3 Å². The summed E-state index contributed by atoms with van der Waals surface area (Å²) in [4.78, 5) is 12.7. The topological polar surface area (TPSA) is 86.7 Å². The number of hydrogen-bond acceptors (Lipinski definition) is 4. The highest BCUT2D eigenvalue weighted by Gasteiger charge is 2.17. The van der Waals surface area contributed by atoms with Gasteiger partial charge >= 0.3 is 5.97 Å². The summed E-state index contributed by atoms with van der Waals surface area (Å²) in [5.41, 5.74) is 0. The molecule has 0 spiro atoms. The van der Waals surface area contributed by atoms with Gasteiger partial charge in [0.2, 0.25) is 10.0 Å². The lowest BCUT2D eigenvalue weighted by atomic mass is 10.1. The van der Waals surface area contributed by atoms with Gasteiger partial charge in [-0.05, 0) is 31.8 Å². The van der Waals surface area contributed by atoms with Crippen LogP contribution in [0.4, 0.5) is 0 Å². The Hall–Kier alpha value is -0.660. The molecule has 0 amide bonds. The molecule has 0 aromatic carbocycles. The molecule has 1 aliphatic heterocycles. The fraction of sp³-hybridized carbons (Fsp3) is 0.917. The Morgan fingerprint density at radius 1 is 1.32 bits per heavy atom. The van der Waals surface area contributed by atoms with E-state index in [9.17, 15) is 13.2 Å². The lowest BCUT2D eigenvalue weighted by Crippen LogP contribution is -2.38. The van der Waals surface area contributed by atoms with Gasteiger partial charge in [0.25, 0.3) is 0 Å². The Kier molecular flexibility index (Phi) is 6.74. The number of aliphatic carboxylic acids is 1. The lowest BCUT2D eigenvalue weighted by molar-refractivity contribution is -0.136. The van der Waals surface area contributed by atoms with Gasteiger partial charge in [-0.2, -0.15) is 0 Å². The molecule has 112 valence electrons. The van der Waals surface area contributed by atoms with E-state index >= 15 is 0 Å². The van der Waals surface area contributed by atoms with Gasteiger partial charge in [-0.15, -0.1) is 0 Å². The molecular formula is C12H24N2O4S. The third kappa shape index (κ3) is 7.49. The molecule has 1 fully saturated rings. The van der Waals surface area contributed by atoms with Crippen molar-refractivity contribution in [1.29, 1.82) is 0 Å². The minimum Gasteiger partial charge on any atom is -0.481 e. The Bertz CT molecular complexity index is 377. The van der Waals surface area contributed by atoms with Gasteiger partial charge in [-0.1, -0.05) is 13.3 Å². The molecule has 0 aromatic heterocycles. The van der Waals surface area contributed by atoms with Crippen LogP contribution >= 0.6 is 0 Å². The Labute approximate surface area is 115 Å². The van der Waals surface area contributed by atoms with Crippen LogP contribution in [0.5, 0.6) is 0 Å². The van der Waals surface area contributed by atoms with Crippen LogP contribution in [0.25, 0.3) is 0 Å². The van der Waals surface area contributed by atoms with Crippen LogP contribution in [0.2, 0.25) is 0 Å². The normalized spacial score (nSPS) is 19.2. The van der Waals surface area contributed by atoms with Crippen LogP contribution in [-0.2, 0) is 14.8 Å². The van der Waals surface area contributed by atoms with Gasteiger partial charge in [0.05, 0.1) is 12.2 Å². The van der Waals surface area contributed by atoms with Crippen molar-refractivity contribution >= 4 is 16.0 Å². The second-order valence-electron chi connectivity index (χ2n) is 5.28. The molecule has 0 saturated carbocycles. The Morgan fingerprint density at radius 3 is 2.53 bits per heavy atom. The van der Waals surface area contributed by atoms with Crippen molar-refractivity contribution in [3.05, 3.63) is 0 Å². The first kappa shape index (κ1) is 16.4. The van der Waals surface area contributed by atoms with Crippen LogP contribution in [0.15, 0.2) is 0 Å². The van der Waals surface area contributed by atoms with E-state index in [2.05, 4.69) is 9.62 Å². The predicted octanol–water partition coefficient (Wildman–Crippen LogP) is 0.503. The van der Waals surface area contributed by atoms with Crippen molar-refractivity contribution in [2.24, 2.45) is 5.92 Å². The summed E-state index contributed by atoms with van der Waals surface area (Å²) < 4.78 is 25.6. The highest BCUT2D eigenvalue weighted by atomic mass is 32.2. The fourth-order valence-electron chi connectivity index (χ4n) is 2.21. The van der Waals surface area contributed by atoms with Crippen LogP contribution in [0.1, 0.15) is 32.6 Å². The van der Waals surface area contributed by atoms with E-state index in [-0.39, 0.29) is 18.1 Å². The van der Waals surface area contributed by atoms with E-state index in [1.54, 1.807) is 0 Å². The monoisotopic (exact) mass is 292 g/mol. The van der Waals surface area contributed by atoms with Crippen molar-refractivity contribution in [3.8, 4) is 0 Å². The highest BCUT2D eigenvalue weighted by molar-refractivity contribution is 7.89. The zero-order chi connectivity index (χ0) is 14.3. The molecule has 1 heterocycles. The van der Waals surface area contributed by atoms with Gasteiger partial charge in [-0.3, -0.25) is 4.79 Å². The van der Waals surface area contributed by atoms with Gasteiger partial charge in [0.15, 0.2) is 0 Å². The van der Waals surface area contributed by atoms with Gasteiger partial charge < -0.3 is 10.0 Å². The molecule has 0 radical (unpaired) electrons. The maximum absolute atomic E-state index is 11.5. The van der Waals surface area contributed by atoms with Crippen LogP contribution in [-0.4, -0.2) is 56.3 Å². The molecular weight excluding hydrogens is 268 g/mol. The molecule has 1 atom stereocenters. The molecule has 1 rings (SSSR count). The summed E-state index contributed by atoms with van der Waals surface area (Å²) >= 11 is 0. The maximum Gasteiger partial charge on any atom is 0.304 e. The average molecular weight is 292 g/mol. The summed E-state index contributed by atoms with van der Waals surface area (Å²) in [6, 6.07) is 0. The van der Waals surface area contributed by atoms with Crippen LogP contribution < -0.4 is 4.72 Å². The molecule has 1 unspecified atom stereocenters. The summed E-state index contributed by atoms with van der Waals surface area (Å²) in [6.07, 6.45) is 3.37. The standard InChI is InChI=1S/C12H24N2O4S/c1-11(10-14-6-3-2-4-7-14)9-13-19(17,18)8-5-12(15)16/h11,13H,2-10H2,1H3,(H,15,16). The number of carboxylic acid groups (broad SMARTS) is 1. The van der Waals surface area contributed by atoms with E-state index in [1.807, 2.05) is 6.92 Å². The van der Waals surface area contributed by atoms with E-state index < -0.39 is 16.0 Å². The summed E-state index contributed by atoms with van der Waals surface area (Å²) in [5, 5.41) is 8.47. The van der Waals surface area contributed by atoms with E-state index in [4.69, 9.17) is 5.11 Å². The second-order valence-corrected chi connectivity index (χ2v) is 7.20. The Morgan fingerprint density at radius 2 is 1.95 bits per heavy atom. The first-order valence-corrected chi connectivity index (χ1v) is 8.46. The number of nitrogens with one attached hydrogen (secondary N) is 1.